The molecule has 9 heteroatoms. The first-order chi connectivity index (χ1) is 14.1. The lowest BCUT2D eigenvalue weighted by Gasteiger charge is -2.16. The Bertz CT molecular complexity index is 986. The summed E-state index contributed by atoms with van der Waals surface area (Å²) in [6, 6.07) is 9.83. The minimum absolute atomic E-state index is 0.0190. The van der Waals surface area contributed by atoms with E-state index in [1.807, 2.05) is 0 Å². The maximum absolute atomic E-state index is 13.0. The molecular weight excluding hydrogens is 390 g/mol. The van der Waals surface area contributed by atoms with Gasteiger partial charge >= 0.3 is 5.97 Å². The zero-order valence-electron chi connectivity index (χ0n) is 17.1. The second kappa shape index (κ2) is 9.64. The largest absolute Gasteiger partial charge is 0.449 e. The fourth-order valence-corrected chi connectivity index (χ4v) is 2.73. The van der Waals surface area contributed by atoms with E-state index in [-0.39, 0.29) is 34.1 Å². The topological polar surface area (TPSA) is 128 Å². The van der Waals surface area contributed by atoms with Crippen molar-refractivity contribution < 1.29 is 24.0 Å². The van der Waals surface area contributed by atoms with Crippen molar-refractivity contribution in [3.05, 3.63) is 69.3 Å². The number of nitro groups is 1. The molecule has 2 N–H and O–H groups in total. The van der Waals surface area contributed by atoms with Gasteiger partial charge < -0.3 is 15.4 Å². The molecule has 30 heavy (non-hydrogen) atoms. The number of nitrogens with zero attached hydrogens (tertiary/aromatic N) is 1. The van der Waals surface area contributed by atoms with Gasteiger partial charge in [0, 0.05) is 30.3 Å². The molecule has 2 aromatic rings. The Hall–Kier alpha value is -3.75. The molecule has 0 aliphatic carbocycles. The summed E-state index contributed by atoms with van der Waals surface area (Å²) in [5.41, 5.74) is 0.0284. The average molecular weight is 413 g/mol. The summed E-state index contributed by atoms with van der Waals surface area (Å²) in [6.07, 6.45) is -1.06. The van der Waals surface area contributed by atoms with Gasteiger partial charge in [0.1, 0.15) is 5.69 Å². The number of rotatable bonds is 8. The third kappa shape index (κ3) is 5.19. The van der Waals surface area contributed by atoms with Crippen LogP contribution in [-0.2, 0) is 9.53 Å². The second-order valence-corrected chi connectivity index (χ2v) is 6.82. The van der Waals surface area contributed by atoms with Gasteiger partial charge in [-0.2, -0.15) is 0 Å². The van der Waals surface area contributed by atoms with Crippen molar-refractivity contribution in [2.75, 3.05) is 12.4 Å². The first kappa shape index (κ1) is 22.5. The van der Waals surface area contributed by atoms with Crippen LogP contribution >= 0.6 is 0 Å². The van der Waals surface area contributed by atoms with Crippen molar-refractivity contribution in [2.45, 2.75) is 32.9 Å². The van der Waals surface area contributed by atoms with E-state index >= 15 is 0 Å². The molecule has 0 aromatic heterocycles. The summed E-state index contributed by atoms with van der Waals surface area (Å²) in [7, 11) is 1.53. The van der Waals surface area contributed by atoms with Gasteiger partial charge in [-0.15, -0.1) is 0 Å². The van der Waals surface area contributed by atoms with Crippen molar-refractivity contribution in [3.8, 4) is 0 Å². The number of carbonyl (C=O) groups excluding carboxylic acids is 3. The molecular formula is C21H23N3O6. The van der Waals surface area contributed by atoms with Gasteiger partial charge in [0.2, 0.25) is 0 Å². The number of nitro benzene ring substituents is 1. The number of ether oxygens (including phenoxy) is 1. The molecule has 0 bridgehead atoms. The van der Waals surface area contributed by atoms with E-state index in [1.165, 1.54) is 38.2 Å². The van der Waals surface area contributed by atoms with Gasteiger partial charge in [0.25, 0.3) is 11.6 Å². The molecule has 0 aliphatic heterocycles. The Kier molecular flexibility index (Phi) is 7.24. The number of nitrogens with one attached hydrogen (secondary N) is 2. The molecule has 0 spiro atoms. The Morgan fingerprint density at radius 2 is 1.67 bits per heavy atom. The van der Waals surface area contributed by atoms with Crippen molar-refractivity contribution in [1.29, 1.82) is 0 Å². The van der Waals surface area contributed by atoms with Gasteiger partial charge in [-0.05, 0) is 39.0 Å². The fraction of sp³-hybridized carbons (Fsp3) is 0.286. The summed E-state index contributed by atoms with van der Waals surface area (Å²) < 4.78 is 5.20. The molecule has 1 amide bonds. The van der Waals surface area contributed by atoms with Crippen LogP contribution in [0.1, 0.15) is 47.1 Å². The number of benzene rings is 2. The molecule has 0 fully saturated rings. The molecule has 9 nitrogen and oxygen atoms in total. The first-order valence-corrected chi connectivity index (χ1v) is 9.27. The maximum Gasteiger partial charge on any atom is 0.339 e. The highest BCUT2D eigenvalue weighted by atomic mass is 16.6. The van der Waals surface area contributed by atoms with Crippen LogP contribution < -0.4 is 10.6 Å². The Labute approximate surface area is 173 Å². The van der Waals surface area contributed by atoms with E-state index in [4.69, 9.17) is 4.74 Å². The quantitative estimate of drug-likeness (QED) is 0.295. The molecule has 1 atom stereocenters. The lowest BCUT2D eigenvalue weighted by atomic mass is 9.97. The fourth-order valence-electron chi connectivity index (χ4n) is 2.73. The highest BCUT2D eigenvalue weighted by molar-refractivity contribution is 6.15. The molecule has 158 valence electrons. The number of hydrogen-bond donors (Lipinski definition) is 2. The van der Waals surface area contributed by atoms with Crippen LogP contribution in [0.25, 0.3) is 0 Å². The average Bonchev–Trinajstić information content (AvgIpc) is 2.72. The van der Waals surface area contributed by atoms with Gasteiger partial charge in [-0.25, -0.2) is 4.79 Å². The molecule has 0 aliphatic rings. The van der Waals surface area contributed by atoms with Crippen LogP contribution in [0.2, 0.25) is 0 Å². The zero-order valence-corrected chi connectivity index (χ0v) is 17.1. The van der Waals surface area contributed by atoms with Crippen LogP contribution in [0.4, 0.5) is 11.4 Å². The van der Waals surface area contributed by atoms with E-state index in [0.29, 0.717) is 0 Å². The highest BCUT2D eigenvalue weighted by Gasteiger charge is 2.25. The smallest absolute Gasteiger partial charge is 0.339 e. The number of esters is 1. The summed E-state index contributed by atoms with van der Waals surface area (Å²) in [5.74, 6) is -1.88. The minimum Gasteiger partial charge on any atom is -0.449 e. The van der Waals surface area contributed by atoms with E-state index in [2.05, 4.69) is 10.6 Å². The molecule has 0 saturated carbocycles. The van der Waals surface area contributed by atoms with Crippen LogP contribution in [0.3, 0.4) is 0 Å². The molecule has 2 rings (SSSR count). The summed E-state index contributed by atoms with van der Waals surface area (Å²) in [4.78, 5) is 48.3. The summed E-state index contributed by atoms with van der Waals surface area (Å²) >= 11 is 0. The van der Waals surface area contributed by atoms with E-state index < -0.39 is 28.7 Å². The Balaban J connectivity index is 2.33. The molecule has 0 heterocycles. The molecule has 0 unspecified atom stereocenters. The zero-order chi connectivity index (χ0) is 22.4. The van der Waals surface area contributed by atoms with Crippen molar-refractivity contribution >= 4 is 29.0 Å². The van der Waals surface area contributed by atoms with Crippen molar-refractivity contribution in [3.63, 3.8) is 0 Å². The second-order valence-electron chi connectivity index (χ2n) is 6.82. The third-order valence-corrected chi connectivity index (χ3v) is 4.20. The minimum atomic E-state index is -1.06. The van der Waals surface area contributed by atoms with Crippen LogP contribution in [0, 0.1) is 10.1 Å². The lowest BCUT2D eigenvalue weighted by Crippen LogP contribution is -2.39. The van der Waals surface area contributed by atoms with Crippen LogP contribution in [0.5, 0.6) is 0 Å². The number of carbonyl (C=O) groups is 3. The summed E-state index contributed by atoms with van der Waals surface area (Å²) in [5, 5.41) is 16.6. The molecule has 0 radical (unpaired) electrons. The van der Waals surface area contributed by atoms with E-state index in [1.54, 1.807) is 26.0 Å². The number of hydrogen-bond acceptors (Lipinski definition) is 7. The van der Waals surface area contributed by atoms with Crippen LogP contribution in [0.15, 0.2) is 42.5 Å². The van der Waals surface area contributed by atoms with Gasteiger partial charge in [0.15, 0.2) is 11.9 Å². The summed E-state index contributed by atoms with van der Waals surface area (Å²) in [6.45, 7) is 4.98. The first-order valence-electron chi connectivity index (χ1n) is 9.27. The van der Waals surface area contributed by atoms with Crippen LogP contribution in [-0.4, -0.2) is 41.8 Å². The predicted molar refractivity (Wildman–Crippen MR) is 111 cm³/mol. The lowest BCUT2D eigenvalue weighted by molar-refractivity contribution is -0.384. The molecule has 2 aromatic carbocycles. The van der Waals surface area contributed by atoms with Gasteiger partial charge in [-0.1, -0.05) is 18.2 Å². The number of amides is 1. The Morgan fingerprint density at radius 1 is 1.03 bits per heavy atom. The number of ketones is 1. The van der Waals surface area contributed by atoms with E-state index in [0.717, 1.165) is 6.07 Å². The van der Waals surface area contributed by atoms with Gasteiger partial charge in [0.05, 0.1) is 10.5 Å². The van der Waals surface area contributed by atoms with Crippen molar-refractivity contribution in [2.24, 2.45) is 0 Å². The van der Waals surface area contributed by atoms with Gasteiger partial charge in [-0.3, -0.25) is 19.7 Å². The normalized spacial score (nSPS) is 11.5. The Morgan fingerprint density at radius 3 is 2.23 bits per heavy atom. The van der Waals surface area contributed by atoms with E-state index in [9.17, 15) is 24.5 Å². The number of anilines is 1. The third-order valence-electron chi connectivity index (χ3n) is 4.20. The maximum atomic E-state index is 13.0. The highest BCUT2D eigenvalue weighted by Crippen LogP contribution is 2.27. The standard InChI is InChI=1S/C21H23N3O6/c1-12(2)23-20(26)13(3)30-21(27)16-8-6-5-7-15(16)19(25)14-9-10-17(22-4)18(11-14)24(28)29/h5-13,22H,1-4H3,(H,23,26)/t13-/m1/s1. The van der Waals surface area contributed by atoms with Crippen molar-refractivity contribution in [1.82, 2.24) is 5.32 Å². The predicted octanol–water partition coefficient (Wildman–Crippen LogP) is 2.94. The monoisotopic (exact) mass is 413 g/mol. The molecule has 0 saturated heterocycles. The SMILES string of the molecule is CNc1ccc(C(=O)c2ccccc2C(=O)O[C@H](C)C(=O)NC(C)C)cc1[N+](=O)[O-].